The Labute approximate surface area is 125 Å². The molecule has 3 rings (SSSR count). The second kappa shape index (κ2) is 6.15. The molecule has 2 aromatic rings. The number of aromatic nitrogens is 3. The third kappa shape index (κ3) is 3.17. The van der Waals surface area contributed by atoms with Gasteiger partial charge in [0.05, 0.1) is 10.4 Å². The van der Waals surface area contributed by atoms with Crippen LogP contribution in [0.4, 0.5) is 5.95 Å². The maximum Gasteiger partial charge on any atom is 0.355 e. The van der Waals surface area contributed by atoms with Gasteiger partial charge in [-0.25, -0.2) is 19.7 Å². The molecule has 1 N–H and O–H groups in total. The van der Waals surface area contributed by atoms with Crippen molar-refractivity contribution in [2.75, 3.05) is 31.1 Å². The van der Waals surface area contributed by atoms with E-state index in [0.29, 0.717) is 6.54 Å². The summed E-state index contributed by atoms with van der Waals surface area (Å²) in [5.74, 6) is -0.205. The van der Waals surface area contributed by atoms with Gasteiger partial charge in [-0.1, -0.05) is 0 Å². The van der Waals surface area contributed by atoms with E-state index in [9.17, 15) is 4.79 Å². The molecule has 0 bridgehead atoms. The number of hydrogen-bond acceptors (Lipinski definition) is 7. The van der Waals surface area contributed by atoms with Crippen LogP contribution in [0.5, 0.6) is 0 Å². The number of aromatic carboxylic acids is 1. The summed E-state index contributed by atoms with van der Waals surface area (Å²) >= 11 is 1.40. The number of anilines is 1. The van der Waals surface area contributed by atoms with Crippen molar-refractivity contribution < 1.29 is 9.90 Å². The van der Waals surface area contributed by atoms with E-state index >= 15 is 0 Å². The van der Waals surface area contributed by atoms with Gasteiger partial charge in [0.15, 0.2) is 5.69 Å². The van der Waals surface area contributed by atoms with Gasteiger partial charge in [0.25, 0.3) is 0 Å². The summed E-state index contributed by atoms with van der Waals surface area (Å²) in [6, 6.07) is 1.80. The molecule has 0 unspecified atom stereocenters. The average molecular weight is 305 g/mol. The molecule has 0 saturated carbocycles. The number of thiazole rings is 1. The summed E-state index contributed by atoms with van der Waals surface area (Å²) in [5.41, 5.74) is 1.76. The minimum Gasteiger partial charge on any atom is -0.476 e. The Morgan fingerprint density at radius 1 is 1.19 bits per heavy atom. The zero-order valence-electron chi connectivity index (χ0n) is 11.3. The zero-order chi connectivity index (χ0) is 14.7. The van der Waals surface area contributed by atoms with Crippen molar-refractivity contribution in [1.82, 2.24) is 19.9 Å². The van der Waals surface area contributed by atoms with Gasteiger partial charge in [0, 0.05) is 45.1 Å². The molecule has 1 aliphatic heterocycles. The standard InChI is InChI=1S/C13H15N5O2S/c19-12(20)11-10(21-9-16-11)8-17-4-6-18(7-5-17)13-14-2-1-3-15-13/h1-3,9H,4-8H2,(H,19,20). The van der Waals surface area contributed by atoms with E-state index < -0.39 is 5.97 Å². The van der Waals surface area contributed by atoms with Crippen LogP contribution in [0.15, 0.2) is 24.0 Å². The minimum absolute atomic E-state index is 0.175. The number of carboxylic acid groups (broad SMARTS) is 1. The summed E-state index contributed by atoms with van der Waals surface area (Å²) in [6.07, 6.45) is 3.48. The summed E-state index contributed by atoms with van der Waals surface area (Å²) in [7, 11) is 0. The first-order chi connectivity index (χ1) is 10.2. The van der Waals surface area contributed by atoms with E-state index in [-0.39, 0.29) is 5.69 Å². The van der Waals surface area contributed by atoms with Crippen LogP contribution in [0.1, 0.15) is 15.4 Å². The minimum atomic E-state index is -0.956. The molecule has 0 aromatic carbocycles. The first kappa shape index (κ1) is 13.9. The normalized spacial score (nSPS) is 16.1. The molecule has 3 heterocycles. The van der Waals surface area contributed by atoms with Crippen LogP contribution in [0, 0.1) is 0 Å². The number of piperazine rings is 1. The monoisotopic (exact) mass is 305 g/mol. The Balaban J connectivity index is 1.59. The highest BCUT2D eigenvalue weighted by molar-refractivity contribution is 7.09. The molecule has 0 atom stereocenters. The molecule has 21 heavy (non-hydrogen) atoms. The molecule has 8 heteroatoms. The van der Waals surface area contributed by atoms with Crippen molar-refractivity contribution in [1.29, 1.82) is 0 Å². The highest BCUT2D eigenvalue weighted by Gasteiger charge is 2.21. The van der Waals surface area contributed by atoms with E-state index in [1.54, 1.807) is 24.0 Å². The number of hydrogen-bond donors (Lipinski definition) is 1. The molecular weight excluding hydrogens is 290 g/mol. The third-order valence-corrected chi connectivity index (χ3v) is 4.24. The third-order valence-electron chi connectivity index (χ3n) is 3.42. The largest absolute Gasteiger partial charge is 0.476 e. The van der Waals surface area contributed by atoms with Crippen LogP contribution in [0.2, 0.25) is 0 Å². The Morgan fingerprint density at radius 3 is 2.57 bits per heavy atom. The molecule has 0 amide bonds. The van der Waals surface area contributed by atoms with Gasteiger partial charge < -0.3 is 10.0 Å². The lowest BCUT2D eigenvalue weighted by Crippen LogP contribution is -2.46. The fourth-order valence-corrected chi connectivity index (χ4v) is 3.11. The Kier molecular flexibility index (Phi) is 4.07. The average Bonchev–Trinajstić information content (AvgIpc) is 2.97. The van der Waals surface area contributed by atoms with Gasteiger partial charge in [-0.2, -0.15) is 0 Å². The molecule has 1 aliphatic rings. The van der Waals surface area contributed by atoms with Gasteiger partial charge in [-0.15, -0.1) is 11.3 Å². The molecule has 0 radical (unpaired) electrons. The topological polar surface area (TPSA) is 82.5 Å². The fraction of sp³-hybridized carbons (Fsp3) is 0.385. The van der Waals surface area contributed by atoms with Gasteiger partial charge >= 0.3 is 5.97 Å². The predicted molar refractivity (Wildman–Crippen MR) is 78.6 cm³/mol. The molecule has 0 aliphatic carbocycles. The van der Waals surface area contributed by atoms with Crippen molar-refractivity contribution in [3.63, 3.8) is 0 Å². The van der Waals surface area contributed by atoms with E-state index in [4.69, 9.17) is 5.11 Å². The zero-order valence-corrected chi connectivity index (χ0v) is 12.2. The molecular formula is C13H15N5O2S. The quantitative estimate of drug-likeness (QED) is 0.900. The maximum absolute atomic E-state index is 11.1. The number of nitrogens with zero attached hydrogens (tertiary/aromatic N) is 5. The van der Waals surface area contributed by atoms with Crippen LogP contribution in [0.3, 0.4) is 0 Å². The lowest BCUT2D eigenvalue weighted by Gasteiger charge is -2.34. The lowest BCUT2D eigenvalue weighted by molar-refractivity contribution is 0.0689. The van der Waals surface area contributed by atoms with Crippen LogP contribution in [0.25, 0.3) is 0 Å². The first-order valence-corrected chi connectivity index (χ1v) is 7.52. The van der Waals surface area contributed by atoms with Crippen LogP contribution < -0.4 is 4.90 Å². The smallest absolute Gasteiger partial charge is 0.355 e. The van der Waals surface area contributed by atoms with Crippen molar-refractivity contribution >= 4 is 23.3 Å². The highest BCUT2D eigenvalue weighted by Crippen LogP contribution is 2.18. The number of carbonyl (C=O) groups is 1. The predicted octanol–water partition coefficient (Wildman–Crippen LogP) is 0.954. The fourth-order valence-electron chi connectivity index (χ4n) is 2.32. The number of carboxylic acids is 1. The summed E-state index contributed by atoms with van der Waals surface area (Å²) < 4.78 is 0. The molecule has 110 valence electrons. The molecule has 1 saturated heterocycles. The van der Waals surface area contributed by atoms with E-state index in [1.807, 2.05) is 0 Å². The Bertz CT molecular complexity index is 610. The van der Waals surface area contributed by atoms with E-state index in [1.165, 1.54) is 11.3 Å². The van der Waals surface area contributed by atoms with Crippen LogP contribution >= 0.6 is 11.3 Å². The van der Waals surface area contributed by atoms with Gasteiger partial charge in [0.2, 0.25) is 5.95 Å². The number of rotatable bonds is 4. The van der Waals surface area contributed by atoms with Gasteiger partial charge in [0.1, 0.15) is 0 Å². The van der Waals surface area contributed by atoms with E-state index in [0.717, 1.165) is 37.0 Å². The molecule has 0 spiro atoms. The van der Waals surface area contributed by atoms with Crippen molar-refractivity contribution in [2.45, 2.75) is 6.54 Å². The second-order valence-corrected chi connectivity index (χ2v) is 5.68. The van der Waals surface area contributed by atoms with Gasteiger partial charge in [-0.3, -0.25) is 4.90 Å². The van der Waals surface area contributed by atoms with E-state index in [2.05, 4.69) is 24.8 Å². The first-order valence-electron chi connectivity index (χ1n) is 6.64. The lowest BCUT2D eigenvalue weighted by atomic mass is 10.3. The summed E-state index contributed by atoms with van der Waals surface area (Å²) in [6.45, 7) is 4.02. The maximum atomic E-state index is 11.1. The summed E-state index contributed by atoms with van der Waals surface area (Å²) in [5, 5.41) is 9.08. The Morgan fingerprint density at radius 2 is 1.90 bits per heavy atom. The molecule has 7 nitrogen and oxygen atoms in total. The Hall–Kier alpha value is -2.06. The molecule has 1 fully saturated rings. The van der Waals surface area contributed by atoms with Crippen LogP contribution in [-0.4, -0.2) is 57.1 Å². The SMILES string of the molecule is O=C(O)c1ncsc1CN1CCN(c2ncccn2)CC1. The summed E-state index contributed by atoms with van der Waals surface area (Å²) in [4.78, 5) is 28.7. The second-order valence-electron chi connectivity index (χ2n) is 4.74. The van der Waals surface area contributed by atoms with Crippen LogP contribution in [-0.2, 0) is 6.54 Å². The van der Waals surface area contributed by atoms with Crippen molar-refractivity contribution in [3.05, 3.63) is 34.5 Å². The van der Waals surface area contributed by atoms with Crippen molar-refractivity contribution in [3.8, 4) is 0 Å². The van der Waals surface area contributed by atoms with Crippen molar-refractivity contribution in [2.24, 2.45) is 0 Å². The van der Waals surface area contributed by atoms with Gasteiger partial charge in [-0.05, 0) is 6.07 Å². The molecule has 2 aromatic heterocycles. The highest BCUT2D eigenvalue weighted by atomic mass is 32.1.